The first kappa shape index (κ1) is 17.6. The van der Waals surface area contributed by atoms with Crippen molar-refractivity contribution in [2.24, 2.45) is 4.99 Å². The highest BCUT2D eigenvalue weighted by molar-refractivity contribution is 8.18. The smallest absolute Gasteiger partial charge is 0.341 e. The number of ether oxygens (including phenoxy) is 1. The predicted molar refractivity (Wildman–Crippen MR) is 98.4 cm³/mol. The average Bonchev–Trinajstić information content (AvgIpc) is 2.97. The second kappa shape index (κ2) is 7.32. The standard InChI is InChI=1S/C18H14N2O5S/c1-25-17(24)12-9-11(6-7-14(12)22)19-18-20-16(23)15(26-18)8-10-4-2-3-5-13(10)21/h2-9,21-22H,1H3,(H,19,20,23)/b15-8-. The number of amidine groups is 1. The second-order valence-corrected chi connectivity index (χ2v) is 6.26. The first-order valence-corrected chi connectivity index (χ1v) is 8.28. The normalized spacial score (nSPS) is 16.7. The molecule has 1 aliphatic heterocycles. The van der Waals surface area contributed by atoms with Gasteiger partial charge in [0.25, 0.3) is 5.91 Å². The fourth-order valence-corrected chi connectivity index (χ4v) is 3.05. The minimum Gasteiger partial charge on any atom is -0.507 e. The number of phenolic OH excluding ortho intramolecular Hbond substituents is 2. The van der Waals surface area contributed by atoms with Crippen molar-refractivity contribution < 1.29 is 24.5 Å². The molecule has 0 aromatic heterocycles. The van der Waals surface area contributed by atoms with Crippen molar-refractivity contribution in [3.63, 3.8) is 0 Å². The third-order valence-electron chi connectivity index (χ3n) is 3.49. The minimum atomic E-state index is -0.687. The molecule has 1 heterocycles. The zero-order valence-electron chi connectivity index (χ0n) is 13.6. The largest absolute Gasteiger partial charge is 0.507 e. The number of hydrogen-bond donors (Lipinski definition) is 3. The molecule has 1 aliphatic rings. The maximum absolute atomic E-state index is 12.1. The monoisotopic (exact) mass is 370 g/mol. The Bertz CT molecular complexity index is 952. The van der Waals surface area contributed by atoms with E-state index in [0.717, 1.165) is 11.8 Å². The summed E-state index contributed by atoms with van der Waals surface area (Å²) >= 11 is 1.10. The molecule has 1 amide bonds. The average molecular weight is 370 g/mol. The number of nitrogens with one attached hydrogen (secondary N) is 1. The van der Waals surface area contributed by atoms with Crippen molar-refractivity contribution in [2.45, 2.75) is 0 Å². The highest BCUT2D eigenvalue weighted by Gasteiger charge is 2.24. The quantitative estimate of drug-likeness (QED) is 0.566. The minimum absolute atomic E-state index is 0.0198. The van der Waals surface area contributed by atoms with Crippen molar-refractivity contribution in [2.75, 3.05) is 7.11 Å². The Labute approximate surface area is 153 Å². The molecule has 3 rings (SSSR count). The highest BCUT2D eigenvalue weighted by Crippen LogP contribution is 2.31. The molecule has 2 aromatic rings. The molecular weight excluding hydrogens is 356 g/mol. The van der Waals surface area contributed by atoms with Crippen LogP contribution >= 0.6 is 11.8 Å². The Kier molecular flexibility index (Phi) is 4.94. The van der Waals surface area contributed by atoms with Gasteiger partial charge in [-0.25, -0.2) is 9.79 Å². The van der Waals surface area contributed by atoms with Gasteiger partial charge in [0.2, 0.25) is 0 Å². The van der Waals surface area contributed by atoms with Crippen LogP contribution in [0.25, 0.3) is 6.08 Å². The highest BCUT2D eigenvalue weighted by atomic mass is 32.2. The summed E-state index contributed by atoms with van der Waals surface area (Å²) < 4.78 is 4.60. The zero-order valence-corrected chi connectivity index (χ0v) is 14.4. The lowest BCUT2D eigenvalue weighted by Gasteiger charge is -2.03. The van der Waals surface area contributed by atoms with E-state index in [1.807, 2.05) is 0 Å². The number of phenols is 2. The summed E-state index contributed by atoms with van der Waals surface area (Å²) in [7, 11) is 1.21. The fraction of sp³-hybridized carbons (Fsp3) is 0.0556. The number of nitrogens with zero attached hydrogens (tertiary/aromatic N) is 1. The van der Waals surface area contributed by atoms with Crippen molar-refractivity contribution in [1.82, 2.24) is 5.32 Å². The van der Waals surface area contributed by atoms with Crippen molar-refractivity contribution in [1.29, 1.82) is 0 Å². The molecule has 1 fully saturated rings. The van der Waals surface area contributed by atoms with Gasteiger partial charge in [-0.15, -0.1) is 0 Å². The van der Waals surface area contributed by atoms with Crippen LogP contribution in [0.15, 0.2) is 52.4 Å². The molecule has 1 saturated heterocycles. The molecule has 26 heavy (non-hydrogen) atoms. The number of carbonyl (C=O) groups is 2. The Morgan fingerprint density at radius 3 is 2.69 bits per heavy atom. The van der Waals surface area contributed by atoms with E-state index in [2.05, 4.69) is 15.0 Å². The third-order valence-corrected chi connectivity index (χ3v) is 4.40. The van der Waals surface area contributed by atoms with Gasteiger partial charge in [0.05, 0.1) is 17.7 Å². The topological polar surface area (TPSA) is 108 Å². The van der Waals surface area contributed by atoms with Crippen LogP contribution in [0.2, 0.25) is 0 Å². The number of rotatable bonds is 3. The van der Waals surface area contributed by atoms with Gasteiger partial charge >= 0.3 is 5.97 Å². The van der Waals surface area contributed by atoms with Crippen LogP contribution in [0.1, 0.15) is 15.9 Å². The van der Waals surface area contributed by atoms with E-state index in [9.17, 15) is 19.8 Å². The molecule has 0 radical (unpaired) electrons. The third kappa shape index (κ3) is 3.70. The van der Waals surface area contributed by atoms with Crippen LogP contribution in [0, 0.1) is 0 Å². The summed E-state index contributed by atoms with van der Waals surface area (Å²) in [6.07, 6.45) is 1.56. The lowest BCUT2D eigenvalue weighted by molar-refractivity contribution is -0.115. The maximum atomic E-state index is 12.1. The molecule has 0 saturated carbocycles. The molecule has 132 valence electrons. The maximum Gasteiger partial charge on any atom is 0.341 e. The van der Waals surface area contributed by atoms with Crippen LogP contribution < -0.4 is 5.32 Å². The fourth-order valence-electron chi connectivity index (χ4n) is 2.22. The van der Waals surface area contributed by atoms with Crippen molar-refractivity contribution >= 4 is 40.6 Å². The molecule has 2 aromatic carbocycles. The number of para-hydroxylation sites is 1. The van der Waals surface area contributed by atoms with Gasteiger partial charge in [-0.05, 0) is 42.1 Å². The number of amides is 1. The molecule has 0 unspecified atom stereocenters. The number of carbonyl (C=O) groups excluding carboxylic acids is 2. The Morgan fingerprint density at radius 1 is 1.19 bits per heavy atom. The Hall–Kier alpha value is -3.26. The van der Waals surface area contributed by atoms with Crippen LogP contribution in [0.5, 0.6) is 11.5 Å². The predicted octanol–water partition coefficient (Wildman–Crippen LogP) is 2.78. The van der Waals surface area contributed by atoms with Gasteiger partial charge < -0.3 is 20.3 Å². The van der Waals surface area contributed by atoms with Crippen LogP contribution in [0.4, 0.5) is 5.69 Å². The number of methoxy groups -OCH3 is 1. The molecule has 7 nitrogen and oxygen atoms in total. The number of benzene rings is 2. The molecular formula is C18H14N2O5S. The molecule has 8 heteroatoms. The SMILES string of the molecule is COC(=O)c1cc(N=C2NC(=O)/C(=C/c3ccccc3O)S2)ccc1O. The molecule has 0 aliphatic carbocycles. The van der Waals surface area contributed by atoms with E-state index in [1.165, 1.54) is 31.4 Å². The van der Waals surface area contributed by atoms with Gasteiger partial charge in [0.1, 0.15) is 17.1 Å². The summed E-state index contributed by atoms with van der Waals surface area (Å²) in [6.45, 7) is 0. The van der Waals surface area contributed by atoms with E-state index < -0.39 is 5.97 Å². The zero-order chi connectivity index (χ0) is 18.7. The van der Waals surface area contributed by atoms with E-state index in [4.69, 9.17) is 0 Å². The van der Waals surface area contributed by atoms with Crippen LogP contribution in [-0.2, 0) is 9.53 Å². The van der Waals surface area contributed by atoms with Crippen molar-refractivity contribution in [3.8, 4) is 11.5 Å². The lowest BCUT2D eigenvalue weighted by Crippen LogP contribution is -2.19. The molecule has 0 bridgehead atoms. The number of aromatic hydroxyl groups is 2. The van der Waals surface area contributed by atoms with E-state index in [-0.39, 0.29) is 23.0 Å². The number of hydrogen-bond acceptors (Lipinski definition) is 7. The lowest BCUT2D eigenvalue weighted by atomic mass is 10.2. The van der Waals surface area contributed by atoms with Gasteiger partial charge in [0, 0.05) is 5.56 Å². The Balaban J connectivity index is 1.87. The second-order valence-electron chi connectivity index (χ2n) is 5.23. The summed E-state index contributed by atoms with van der Waals surface area (Å²) in [5, 5.41) is 22.5. The van der Waals surface area contributed by atoms with Crippen molar-refractivity contribution in [3.05, 3.63) is 58.5 Å². The number of thioether (sulfide) groups is 1. The van der Waals surface area contributed by atoms with Crippen LogP contribution in [0.3, 0.4) is 0 Å². The Morgan fingerprint density at radius 2 is 1.96 bits per heavy atom. The van der Waals surface area contributed by atoms with E-state index in [1.54, 1.807) is 24.3 Å². The number of esters is 1. The van der Waals surface area contributed by atoms with E-state index in [0.29, 0.717) is 21.3 Å². The van der Waals surface area contributed by atoms with Gasteiger partial charge in [0.15, 0.2) is 5.17 Å². The molecule has 0 spiro atoms. The molecule has 3 N–H and O–H groups in total. The summed E-state index contributed by atoms with van der Waals surface area (Å²) in [5.74, 6) is -1.18. The summed E-state index contributed by atoms with van der Waals surface area (Å²) in [4.78, 5) is 28.4. The molecule has 0 atom stereocenters. The van der Waals surface area contributed by atoms with Gasteiger partial charge in [-0.1, -0.05) is 18.2 Å². The summed E-state index contributed by atoms with van der Waals surface area (Å²) in [6, 6.07) is 10.9. The van der Waals surface area contributed by atoms with Crippen LogP contribution in [-0.4, -0.2) is 34.4 Å². The van der Waals surface area contributed by atoms with E-state index >= 15 is 0 Å². The number of aliphatic imine (C=N–C) groups is 1. The summed E-state index contributed by atoms with van der Waals surface area (Å²) in [5.41, 5.74) is 0.868. The van der Waals surface area contributed by atoms with Gasteiger partial charge in [-0.2, -0.15) is 0 Å². The first-order chi connectivity index (χ1) is 12.5. The van der Waals surface area contributed by atoms with Gasteiger partial charge in [-0.3, -0.25) is 4.79 Å². The first-order valence-electron chi connectivity index (χ1n) is 7.47.